The lowest BCUT2D eigenvalue weighted by atomic mass is 10.0. The molecular weight excluding hydrogens is 308 g/mol. The predicted molar refractivity (Wildman–Crippen MR) is 90.3 cm³/mol. The minimum atomic E-state index is -0.781. The molecule has 2 unspecified atom stereocenters. The van der Waals surface area contributed by atoms with E-state index in [1.165, 1.54) is 12.8 Å². The molecule has 2 aliphatic heterocycles. The van der Waals surface area contributed by atoms with Gasteiger partial charge in [0, 0.05) is 13.0 Å². The normalized spacial score (nSPS) is 19.8. The van der Waals surface area contributed by atoms with Gasteiger partial charge in [-0.1, -0.05) is 13.0 Å². The number of nitrogens with one attached hydrogen (secondary N) is 1. The van der Waals surface area contributed by atoms with Crippen LogP contribution in [-0.4, -0.2) is 54.8 Å². The number of aliphatic hydroxyl groups is 1. The summed E-state index contributed by atoms with van der Waals surface area (Å²) >= 11 is 0. The third-order valence-corrected chi connectivity index (χ3v) is 4.61. The molecule has 0 radical (unpaired) electrons. The molecule has 0 bridgehead atoms. The molecular formula is C18H26N2O4. The molecule has 2 atom stereocenters. The Morgan fingerprint density at radius 3 is 2.67 bits per heavy atom. The van der Waals surface area contributed by atoms with Crippen molar-refractivity contribution in [2.75, 3.05) is 32.8 Å². The average molecular weight is 334 g/mol. The highest BCUT2D eigenvalue weighted by Crippen LogP contribution is 2.33. The highest BCUT2D eigenvalue weighted by atomic mass is 16.6. The van der Waals surface area contributed by atoms with Gasteiger partial charge in [-0.15, -0.1) is 0 Å². The highest BCUT2D eigenvalue weighted by Gasteiger charge is 2.27. The van der Waals surface area contributed by atoms with E-state index in [-0.39, 0.29) is 11.9 Å². The lowest BCUT2D eigenvalue weighted by Gasteiger charge is -2.29. The Kier molecular flexibility index (Phi) is 5.58. The van der Waals surface area contributed by atoms with Crippen molar-refractivity contribution in [2.24, 2.45) is 0 Å². The van der Waals surface area contributed by atoms with Gasteiger partial charge in [0.15, 0.2) is 11.5 Å². The summed E-state index contributed by atoms with van der Waals surface area (Å²) in [4.78, 5) is 14.2. The first-order chi connectivity index (χ1) is 11.7. The zero-order chi connectivity index (χ0) is 16.9. The van der Waals surface area contributed by atoms with Gasteiger partial charge >= 0.3 is 0 Å². The lowest BCUT2D eigenvalue weighted by Crippen LogP contribution is -2.46. The Labute approximate surface area is 142 Å². The molecule has 1 aromatic carbocycles. The molecule has 6 nitrogen and oxygen atoms in total. The molecule has 1 amide bonds. The molecule has 1 aromatic rings. The standard InChI is InChI=1S/C18H26N2O4/c1-2-17(21)19-14(12-20-7-3-4-8-20)18(22)13-5-6-15-16(11-13)24-10-9-23-15/h5-6,11,14,18,22H,2-4,7-10,12H2,1H3,(H,19,21). The van der Waals surface area contributed by atoms with Crippen LogP contribution in [0.3, 0.4) is 0 Å². The van der Waals surface area contributed by atoms with Crippen LogP contribution in [0.2, 0.25) is 0 Å². The predicted octanol–water partition coefficient (Wildman–Crippen LogP) is 1.48. The third-order valence-electron chi connectivity index (χ3n) is 4.61. The average Bonchev–Trinajstić information content (AvgIpc) is 3.13. The van der Waals surface area contributed by atoms with E-state index in [1.54, 1.807) is 0 Å². The fraction of sp³-hybridized carbons (Fsp3) is 0.611. The van der Waals surface area contributed by atoms with Crippen LogP contribution in [0.1, 0.15) is 37.9 Å². The van der Waals surface area contributed by atoms with Crippen LogP contribution in [0.5, 0.6) is 11.5 Å². The van der Waals surface area contributed by atoms with Gasteiger partial charge < -0.3 is 24.8 Å². The van der Waals surface area contributed by atoms with Crippen molar-refractivity contribution in [3.8, 4) is 11.5 Å². The number of nitrogens with zero attached hydrogens (tertiary/aromatic N) is 1. The topological polar surface area (TPSA) is 71.0 Å². The van der Waals surface area contributed by atoms with E-state index in [2.05, 4.69) is 10.2 Å². The Hall–Kier alpha value is -1.79. The van der Waals surface area contributed by atoms with Crippen LogP contribution < -0.4 is 14.8 Å². The second-order valence-corrected chi connectivity index (χ2v) is 6.38. The Balaban J connectivity index is 1.75. The van der Waals surface area contributed by atoms with E-state index < -0.39 is 6.10 Å². The van der Waals surface area contributed by atoms with Crippen LogP contribution in [0.15, 0.2) is 18.2 Å². The monoisotopic (exact) mass is 334 g/mol. The number of hydrogen-bond donors (Lipinski definition) is 2. The highest BCUT2D eigenvalue weighted by molar-refractivity contribution is 5.76. The summed E-state index contributed by atoms with van der Waals surface area (Å²) in [6, 6.07) is 5.14. The summed E-state index contributed by atoms with van der Waals surface area (Å²) in [5.74, 6) is 1.31. The summed E-state index contributed by atoms with van der Waals surface area (Å²) < 4.78 is 11.1. The molecule has 132 valence electrons. The zero-order valence-electron chi connectivity index (χ0n) is 14.2. The second kappa shape index (κ2) is 7.85. The number of rotatable bonds is 6. The number of carbonyl (C=O) groups is 1. The second-order valence-electron chi connectivity index (χ2n) is 6.38. The van der Waals surface area contributed by atoms with Gasteiger partial charge in [-0.3, -0.25) is 4.79 Å². The van der Waals surface area contributed by atoms with Crippen molar-refractivity contribution in [1.29, 1.82) is 0 Å². The zero-order valence-corrected chi connectivity index (χ0v) is 14.2. The summed E-state index contributed by atoms with van der Waals surface area (Å²) in [6.07, 6.45) is 1.98. The SMILES string of the molecule is CCC(=O)NC(CN1CCCC1)C(O)c1ccc2c(c1)OCCO2. The number of carbonyl (C=O) groups excluding carboxylic acids is 1. The number of amides is 1. The molecule has 2 aliphatic rings. The molecule has 1 fully saturated rings. The number of ether oxygens (including phenoxy) is 2. The van der Waals surface area contributed by atoms with Crippen LogP contribution in [-0.2, 0) is 4.79 Å². The smallest absolute Gasteiger partial charge is 0.220 e. The third kappa shape index (κ3) is 3.99. The number of likely N-dealkylation sites (tertiary alicyclic amines) is 1. The van der Waals surface area contributed by atoms with Crippen LogP contribution in [0, 0.1) is 0 Å². The number of hydrogen-bond acceptors (Lipinski definition) is 5. The first-order valence-electron chi connectivity index (χ1n) is 8.76. The van der Waals surface area contributed by atoms with Crippen LogP contribution in [0.4, 0.5) is 0 Å². The van der Waals surface area contributed by atoms with E-state index in [0.29, 0.717) is 37.7 Å². The number of benzene rings is 1. The summed E-state index contributed by atoms with van der Waals surface area (Å²) in [5.41, 5.74) is 0.736. The van der Waals surface area contributed by atoms with Crippen molar-refractivity contribution < 1.29 is 19.4 Å². The largest absolute Gasteiger partial charge is 0.486 e. The maximum Gasteiger partial charge on any atom is 0.220 e. The quantitative estimate of drug-likeness (QED) is 0.825. The maximum absolute atomic E-state index is 11.9. The van der Waals surface area contributed by atoms with Crippen molar-refractivity contribution in [3.63, 3.8) is 0 Å². The van der Waals surface area contributed by atoms with Crippen molar-refractivity contribution in [2.45, 2.75) is 38.3 Å². The summed E-state index contributed by atoms with van der Waals surface area (Å²) in [7, 11) is 0. The van der Waals surface area contributed by atoms with E-state index in [9.17, 15) is 9.90 Å². The van der Waals surface area contributed by atoms with Gasteiger partial charge in [0.1, 0.15) is 19.3 Å². The Morgan fingerprint density at radius 2 is 1.96 bits per heavy atom. The molecule has 0 saturated carbocycles. The van der Waals surface area contributed by atoms with Crippen molar-refractivity contribution in [1.82, 2.24) is 10.2 Å². The molecule has 0 spiro atoms. The summed E-state index contributed by atoms with van der Waals surface area (Å²) in [5, 5.41) is 13.8. The molecule has 24 heavy (non-hydrogen) atoms. The van der Waals surface area contributed by atoms with E-state index in [0.717, 1.165) is 18.7 Å². The molecule has 2 N–H and O–H groups in total. The minimum Gasteiger partial charge on any atom is -0.486 e. The number of fused-ring (bicyclic) bond motifs is 1. The molecule has 3 rings (SSSR count). The van der Waals surface area contributed by atoms with E-state index >= 15 is 0 Å². The Morgan fingerprint density at radius 1 is 1.25 bits per heavy atom. The van der Waals surface area contributed by atoms with E-state index in [4.69, 9.17) is 9.47 Å². The van der Waals surface area contributed by atoms with E-state index in [1.807, 2.05) is 25.1 Å². The molecule has 0 aromatic heterocycles. The minimum absolute atomic E-state index is 0.0456. The first-order valence-corrected chi connectivity index (χ1v) is 8.76. The fourth-order valence-corrected chi connectivity index (χ4v) is 3.25. The van der Waals surface area contributed by atoms with Gasteiger partial charge in [0.05, 0.1) is 6.04 Å². The van der Waals surface area contributed by atoms with Crippen molar-refractivity contribution >= 4 is 5.91 Å². The summed E-state index contributed by atoms with van der Waals surface area (Å²) in [6.45, 7) is 5.56. The number of aliphatic hydroxyl groups excluding tert-OH is 1. The van der Waals surface area contributed by atoms with Gasteiger partial charge in [-0.25, -0.2) is 0 Å². The van der Waals surface area contributed by atoms with Gasteiger partial charge in [0.25, 0.3) is 0 Å². The molecule has 6 heteroatoms. The maximum atomic E-state index is 11.9. The fourth-order valence-electron chi connectivity index (χ4n) is 3.25. The van der Waals surface area contributed by atoms with Gasteiger partial charge in [0.2, 0.25) is 5.91 Å². The Bertz CT molecular complexity index is 572. The lowest BCUT2D eigenvalue weighted by molar-refractivity contribution is -0.122. The molecule has 0 aliphatic carbocycles. The van der Waals surface area contributed by atoms with Crippen LogP contribution in [0.25, 0.3) is 0 Å². The molecule has 2 heterocycles. The van der Waals surface area contributed by atoms with Gasteiger partial charge in [-0.05, 0) is 43.6 Å². The van der Waals surface area contributed by atoms with Crippen molar-refractivity contribution in [3.05, 3.63) is 23.8 Å². The van der Waals surface area contributed by atoms with Gasteiger partial charge in [-0.2, -0.15) is 0 Å². The molecule has 1 saturated heterocycles. The van der Waals surface area contributed by atoms with Crippen LogP contribution >= 0.6 is 0 Å². The first kappa shape index (κ1) is 17.0.